The van der Waals surface area contributed by atoms with E-state index in [-0.39, 0.29) is 41.1 Å². The molecule has 1 aliphatic carbocycles. The van der Waals surface area contributed by atoms with Gasteiger partial charge in [-0.1, -0.05) is 30.3 Å². The number of rotatable bonds is 10. The number of halogens is 1. The molecule has 236 valence electrons. The highest BCUT2D eigenvalue weighted by Crippen LogP contribution is 2.42. The number of carbonyl (C=O) groups is 2. The summed E-state index contributed by atoms with van der Waals surface area (Å²) in [5.74, 6) is -0.932. The molecule has 0 aliphatic heterocycles. The Kier molecular flexibility index (Phi) is 8.37. The molecule has 0 bridgehead atoms. The summed E-state index contributed by atoms with van der Waals surface area (Å²) in [4.78, 5) is 29.0. The van der Waals surface area contributed by atoms with Crippen LogP contribution in [-0.2, 0) is 10.0 Å². The van der Waals surface area contributed by atoms with Crippen LogP contribution in [0.1, 0.15) is 33.6 Å². The molecule has 11 heteroatoms. The highest BCUT2D eigenvalue weighted by Gasteiger charge is 2.34. The molecule has 0 atom stereocenters. The zero-order valence-electron chi connectivity index (χ0n) is 25.2. The van der Waals surface area contributed by atoms with Crippen LogP contribution in [0.3, 0.4) is 0 Å². The smallest absolute Gasteiger partial charge is 0.258 e. The summed E-state index contributed by atoms with van der Waals surface area (Å²) < 4.78 is 47.1. The van der Waals surface area contributed by atoms with Gasteiger partial charge in [-0.3, -0.25) is 13.9 Å². The molecule has 0 unspecified atom stereocenters. The fourth-order valence-electron chi connectivity index (χ4n) is 5.65. The largest absolute Gasteiger partial charge is 0.455 e. The topological polar surface area (TPSA) is 120 Å². The number of nitrogens with zero attached hydrogens (tertiary/aromatic N) is 2. The molecule has 0 saturated heterocycles. The molecule has 46 heavy (non-hydrogen) atoms. The molecule has 1 aliphatic rings. The number of nitrogens with one attached hydrogen (secondary N) is 1. The van der Waals surface area contributed by atoms with Crippen LogP contribution in [-0.4, -0.2) is 57.8 Å². The van der Waals surface area contributed by atoms with Gasteiger partial charge in [0, 0.05) is 46.9 Å². The van der Waals surface area contributed by atoms with Crippen LogP contribution in [0.15, 0.2) is 95.4 Å². The lowest BCUT2D eigenvalue weighted by Gasteiger charge is -2.25. The van der Waals surface area contributed by atoms with E-state index in [0.29, 0.717) is 27.6 Å². The van der Waals surface area contributed by atoms with Crippen LogP contribution in [0.4, 0.5) is 15.8 Å². The molecule has 1 saturated carbocycles. The quantitative estimate of drug-likeness (QED) is 0.198. The Bertz CT molecular complexity index is 2040. The van der Waals surface area contributed by atoms with Crippen LogP contribution in [0.2, 0.25) is 0 Å². The first kappa shape index (κ1) is 31.0. The maximum absolute atomic E-state index is 14.0. The number of aliphatic hydroxyl groups excluding tert-OH is 1. The Morgan fingerprint density at radius 2 is 1.67 bits per heavy atom. The summed E-state index contributed by atoms with van der Waals surface area (Å²) in [5, 5.41) is 12.9. The summed E-state index contributed by atoms with van der Waals surface area (Å²) in [7, 11) is -2.43. The maximum atomic E-state index is 14.0. The monoisotopic (exact) mass is 641 g/mol. The number of para-hydroxylation sites is 1. The van der Waals surface area contributed by atoms with Crippen molar-refractivity contribution >= 4 is 44.2 Å². The standard InChI is InChI=1S/C35H32FN3O6S/c1-37-34(41)32-29-20-28(23-7-6-8-24(19-23)35(42)39(27-15-16-27)26-9-4-3-5-10-26)30(38(17-18-40)46(2,43)44)21-31(29)45-33(32)22-11-13-25(36)14-12-22/h3-14,19-21,27,40H,15-18H2,1-2H3,(H,37,41). The van der Waals surface area contributed by atoms with Gasteiger partial charge >= 0.3 is 0 Å². The Labute approximate surface area is 265 Å². The number of amides is 2. The fourth-order valence-corrected chi connectivity index (χ4v) is 6.58. The molecule has 6 rings (SSSR count). The lowest BCUT2D eigenvalue weighted by atomic mass is 9.97. The summed E-state index contributed by atoms with van der Waals surface area (Å²) in [6, 6.07) is 25.1. The molecule has 4 aromatic carbocycles. The van der Waals surface area contributed by atoms with Crippen molar-refractivity contribution in [1.82, 2.24) is 5.32 Å². The third-order valence-corrected chi connectivity index (χ3v) is 9.10. The van der Waals surface area contributed by atoms with Crippen LogP contribution in [0, 0.1) is 5.82 Å². The number of furan rings is 1. The Hall–Kier alpha value is -5.00. The van der Waals surface area contributed by atoms with Crippen molar-refractivity contribution in [3.63, 3.8) is 0 Å². The van der Waals surface area contributed by atoms with Crippen molar-refractivity contribution in [3.8, 4) is 22.5 Å². The summed E-state index contributed by atoms with van der Waals surface area (Å²) in [5.41, 5.74) is 3.14. The molecule has 0 spiro atoms. The Morgan fingerprint density at radius 1 is 0.957 bits per heavy atom. The molecule has 1 aromatic heterocycles. The van der Waals surface area contributed by atoms with E-state index in [1.165, 1.54) is 37.4 Å². The van der Waals surface area contributed by atoms with Crippen molar-refractivity contribution in [1.29, 1.82) is 0 Å². The van der Waals surface area contributed by atoms with Crippen LogP contribution in [0.25, 0.3) is 33.4 Å². The highest BCUT2D eigenvalue weighted by molar-refractivity contribution is 7.92. The zero-order valence-corrected chi connectivity index (χ0v) is 26.1. The van der Waals surface area contributed by atoms with Crippen molar-refractivity contribution in [2.24, 2.45) is 0 Å². The normalized spacial score (nSPS) is 13.0. The van der Waals surface area contributed by atoms with Gasteiger partial charge in [0.1, 0.15) is 17.2 Å². The van der Waals surface area contributed by atoms with Gasteiger partial charge in [-0.2, -0.15) is 0 Å². The van der Waals surface area contributed by atoms with E-state index in [0.717, 1.165) is 29.1 Å². The van der Waals surface area contributed by atoms with Gasteiger partial charge in [-0.25, -0.2) is 12.8 Å². The number of sulfonamides is 1. The predicted molar refractivity (Wildman–Crippen MR) is 176 cm³/mol. The van der Waals surface area contributed by atoms with Crippen LogP contribution >= 0.6 is 0 Å². The first-order valence-electron chi connectivity index (χ1n) is 14.8. The number of benzene rings is 4. The van der Waals surface area contributed by atoms with Crippen molar-refractivity contribution in [3.05, 3.63) is 108 Å². The van der Waals surface area contributed by atoms with E-state index in [4.69, 9.17) is 4.42 Å². The minimum Gasteiger partial charge on any atom is -0.455 e. The third-order valence-electron chi connectivity index (χ3n) is 7.92. The predicted octanol–water partition coefficient (Wildman–Crippen LogP) is 5.83. The molecular formula is C35H32FN3O6S. The second-order valence-electron chi connectivity index (χ2n) is 11.1. The Balaban J connectivity index is 1.57. The SMILES string of the molecule is CNC(=O)c1c(-c2ccc(F)cc2)oc2cc(N(CCO)S(C)(=O)=O)c(-c3cccc(C(=O)N(c4ccccc4)C4CC4)c3)cc12. The van der Waals surface area contributed by atoms with Crippen LogP contribution < -0.4 is 14.5 Å². The lowest BCUT2D eigenvalue weighted by Crippen LogP contribution is -2.33. The van der Waals surface area contributed by atoms with E-state index < -0.39 is 28.4 Å². The van der Waals surface area contributed by atoms with E-state index in [1.807, 2.05) is 30.3 Å². The van der Waals surface area contributed by atoms with E-state index in [9.17, 15) is 27.5 Å². The second kappa shape index (κ2) is 12.4. The van der Waals surface area contributed by atoms with Gasteiger partial charge in [0.2, 0.25) is 10.0 Å². The fraction of sp³-hybridized carbons (Fsp3) is 0.200. The van der Waals surface area contributed by atoms with Gasteiger partial charge in [-0.15, -0.1) is 0 Å². The van der Waals surface area contributed by atoms with E-state index in [2.05, 4.69) is 5.32 Å². The Morgan fingerprint density at radius 3 is 2.30 bits per heavy atom. The van der Waals surface area contributed by atoms with E-state index in [1.54, 1.807) is 35.2 Å². The molecule has 1 heterocycles. The average molecular weight is 642 g/mol. The van der Waals surface area contributed by atoms with Gasteiger partial charge in [0.05, 0.1) is 30.7 Å². The zero-order chi connectivity index (χ0) is 32.6. The molecule has 0 radical (unpaired) electrons. The minimum atomic E-state index is -3.90. The van der Waals surface area contributed by atoms with Gasteiger partial charge < -0.3 is 19.7 Å². The number of hydrogen-bond donors (Lipinski definition) is 2. The molecule has 1 fully saturated rings. The number of anilines is 2. The van der Waals surface area contributed by atoms with Crippen molar-refractivity contribution in [2.75, 3.05) is 35.7 Å². The minimum absolute atomic E-state index is 0.0849. The molecule has 5 aromatic rings. The average Bonchev–Trinajstić information content (AvgIpc) is 3.82. The van der Waals surface area contributed by atoms with Gasteiger partial charge in [0.25, 0.3) is 11.8 Å². The summed E-state index contributed by atoms with van der Waals surface area (Å²) >= 11 is 0. The molecule has 2 amide bonds. The van der Waals surface area contributed by atoms with Crippen LogP contribution in [0.5, 0.6) is 0 Å². The number of fused-ring (bicyclic) bond motifs is 1. The molecular weight excluding hydrogens is 609 g/mol. The number of hydrogen-bond acceptors (Lipinski definition) is 6. The first-order valence-corrected chi connectivity index (χ1v) is 16.6. The van der Waals surface area contributed by atoms with Crippen molar-refractivity contribution in [2.45, 2.75) is 18.9 Å². The first-order chi connectivity index (χ1) is 22.1. The molecule has 9 nitrogen and oxygen atoms in total. The molecule has 2 N–H and O–H groups in total. The lowest BCUT2D eigenvalue weighted by molar-refractivity contribution is 0.0962. The number of aliphatic hydroxyl groups is 1. The van der Waals surface area contributed by atoms with Gasteiger partial charge in [0.15, 0.2) is 0 Å². The highest BCUT2D eigenvalue weighted by atomic mass is 32.2. The third kappa shape index (κ3) is 5.99. The maximum Gasteiger partial charge on any atom is 0.258 e. The van der Waals surface area contributed by atoms with Crippen molar-refractivity contribution < 1.29 is 31.9 Å². The summed E-state index contributed by atoms with van der Waals surface area (Å²) in [6.07, 6.45) is 2.82. The second-order valence-corrected chi connectivity index (χ2v) is 13.0. The van der Waals surface area contributed by atoms with E-state index >= 15 is 0 Å². The number of carbonyl (C=O) groups excluding carboxylic acids is 2. The summed E-state index contributed by atoms with van der Waals surface area (Å²) in [6.45, 7) is -0.702. The van der Waals surface area contributed by atoms with Gasteiger partial charge in [-0.05, 0) is 73.0 Å².